The minimum Gasteiger partial charge on any atom is -0.387 e. The lowest BCUT2D eigenvalue weighted by Crippen LogP contribution is -2.06. The zero-order chi connectivity index (χ0) is 16.6. The van der Waals surface area contributed by atoms with Crippen LogP contribution in [0, 0.1) is 0 Å². The molecule has 23 heavy (non-hydrogen) atoms. The Labute approximate surface area is 143 Å². The van der Waals surface area contributed by atoms with Gasteiger partial charge in [-0.25, -0.2) is 0 Å². The summed E-state index contributed by atoms with van der Waals surface area (Å²) in [4.78, 5) is 0.740. The van der Waals surface area contributed by atoms with Crippen molar-refractivity contribution in [3.63, 3.8) is 0 Å². The van der Waals surface area contributed by atoms with Crippen molar-refractivity contribution in [1.82, 2.24) is 0 Å². The Kier molecular flexibility index (Phi) is 4.49. The van der Waals surface area contributed by atoms with E-state index in [-0.39, 0.29) is 6.42 Å². The van der Waals surface area contributed by atoms with E-state index in [4.69, 9.17) is 0 Å². The number of fused-ring (bicyclic) bond motifs is 1. The lowest BCUT2D eigenvalue weighted by atomic mass is 10.0. The van der Waals surface area contributed by atoms with E-state index < -0.39 is 17.8 Å². The number of alkyl halides is 3. The van der Waals surface area contributed by atoms with Crippen LogP contribution in [0.2, 0.25) is 0 Å². The van der Waals surface area contributed by atoms with Crippen molar-refractivity contribution in [3.05, 3.63) is 69.0 Å². The predicted octanol–water partition coefficient (Wildman–Crippen LogP) is 5.96. The van der Waals surface area contributed by atoms with Crippen molar-refractivity contribution in [3.8, 4) is 0 Å². The van der Waals surface area contributed by atoms with Crippen LogP contribution in [-0.4, -0.2) is 5.11 Å². The Morgan fingerprint density at radius 3 is 2.52 bits per heavy atom. The third-order valence-electron chi connectivity index (χ3n) is 3.53. The number of aliphatic hydroxyl groups is 1. The fourth-order valence-electron chi connectivity index (χ4n) is 2.41. The highest BCUT2D eigenvalue weighted by atomic mass is 79.9. The molecule has 1 atom stereocenters. The van der Waals surface area contributed by atoms with Gasteiger partial charge in [0.05, 0.1) is 11.7 Å². The zero-order valence-corrected chi connectivity index (χ0v) is 14.2. The summed E-state index contributed by atoms with van der Waals surface area (Å²) < 4.78 is 40.2. The number of rotatable bonds is 3. The van der Waals surface area contributed by atoms with Gasteiger partial charge in [0.15, 0.2) is 0 Å². The molecule has 0 fully saturated rings. The molecule has 0 aliphatic rings. The van der Waals surface area contributed by atoms with E-state index in [0.717, 1.165) is 31.6 Å². The predicted molar refractivity (Wildman–Crippen MR) is 89.6 cm³/mol. The van der Waals surface area contributed by atoms with Gasteiger partial charge in [0.25, 0.3) is 0 Å². The van der Waals surface area contributed by atoms with Gasteiger partial charge in [-0.05, 0) is 45.1 Å². The monoisotopic (exact) mass is 400 g/mol. The Morgan fingerprint density at radius 2 is 1.83 bits per heavy atom. The summed E-state index contributed by atoms with van der Waals surface area (Å²) in [5.41, 5.74) is -0.231. The second-order valence-electron chi connectivity index (χ2n) is 5.23. The van der Waals surface area contributed by atoms with Gasteiger partial charge in [-0.3, -0.25) is 0 Å². The van der Waals surface area contributed by atoms with E-state index in [1.54, 1.807) is 6.07 Å². The molecule has 0 radical (unpaired) electrons. The molecule has 2 aromatic carbocycles. The van der Waals surface area contributed by atoms with Gasteiger partial charge in [-0.15, -0.1) is 11.3 Å². The maximum Gasteiger partial charge on any atom is 0.416 e. The van der Waals surface area contributed by atoms with Crippen molar-refractivity contribution >= 4 is 37.4 Å². The topological polar surface area (TPSA) is 20.2 Å². The Hall–Kier alpha value is -1.37. The summed E-state index contributed by atoms with van der Waals surface area (Å²) in [5, 5.41) is 11.4. The maximum absolute atomic E-state index is 12.7. The third-order valence-corrected chi connectivity index (χ3v) is 5.74. The van der Waals surface area contributed by atoms with Crippen LogP contribution in [0.1, 0.15) is 22.1 Å². The zero-order valence-electron chi connectivity index (χ0n) is 11.8. The first-order chi connectivity index (χ1) is 10.8. The number of benzene rings is 2. The quantitative estimate of drug-likeness (QED) is 0.574. The fourth-order valence-corrected chi connectivity index (χ4v) is 4.09. The molecule has 3 rings (SSSR count). The van der Waals surface area contributed by atoms with Gasteiger partial charge in [0.1, 0.15) is 0 Å². The number of hydrogen-bond acceptors (Lipinski definition) is 2. The minimum absolute atomic E-state index is 0.147. The van der Waals surface area contributed by atoms with Crippen molar-refractivity contribution in [2.45, 2.75) is 18.7 Å². The molecule has 0 aliphatic carbocycles. The first kappa shape index (κ1) is 16.5. The number of thiophene rings is 1. The summed E-state index contributed by atoms with van der Waals surface area (Å²) in [6.07, 6.45) is -5.06. The minimum atomic E-state index is -4.37. The molecular formula is C17H12BrF3OS. The summed E-state index contributed by atoms with van der Waals surface area (Å²) in [5.74, 6) is 0. The lowest BCUT2D eigenvalue weighted by Gasteiger charge is -2.11. The maximum atomic E-state index is 12.7. The standard InChI is InChI=1S/C17H12BrF3OS/c18-13-6-2-4-11-9-15(23-16(11)13)14(22)8-10-3-1-5-12(7-10)17(19,20)21/h1-7,9,14,22H,8H2. The van der Waals surface area contributed by atoms with Gasteiger partial charge >= 0.3 is 6.18 Å². The average Bonchev–Trinajstić information content (AvgIpc) is 2.92. The summed E-state index contributed by atoms with van der Waals surface area (Å²) in [6, 6.07) is 12.7. The van der Waals surface area contributed by atoms with Crippen LogP contribution >= 0.6 is 27.3 Å². The highest BCUT2D eigenvalue weighted by molar-refractivity contribution is 9.10. The van der Waals surface area contributed by atoms with Crippen molar-refractivity contribution in [1.29, 1.82) is 0 Å². The summed E-state index contributed by atoms with van der Waals surface area (Å²) in [7, 11) is 0. The highest BCUT2D eigenvalue weighted by Gasteiger charge is 2.30. The van der Waals surface area contributed by atoms with Gasteiger partial charge < -0.3 is 5.11 Å². The Bertz CT molecular complexity index is 841. The molecule has 1 heterocycles. The second-order valence-corrected chi connectivity index (χ2v) is 7.16. The molecule has 0 aliphatic heterocycles. The highest BCUT2D eigenvalue weighted by Crippen LogP contribution is 2.36. The Morgan fingerprint density at radius 1 is 1.09 bits per heavy atom. The number of aliphatic hydroxyl groups excluding tert-OH is 1. The van der Waals surface area contributed by atoms with Gasteiger partial charge in [-0.1, -0.05) is 30.3 Å². The molecule has 1 unspecified atom stereocenters. The number of hydrogen-bond donors (Lipinski definition) is 1. The van der Waals surface area contributed by atoms with Crippen LogP contribution in [0.25, 0.3) is 10.1 Å². The summed E-state index contributed by atoms with van der Waals surface area (Å²) >= 11 is 4.90. The molecule has 0 spiro atoms. The Balaban J connectivity index is 1.86. The van der Waals surface area contributed by atoms with Crippen LogP contribution in [-0.2, 0) is 12.6 Å². The lowest BCUT2D eigenvalue weighted by molar-refractivity contribution is -0.137. The van der Waals surface area contributed by atoms with Crippen molar-refractivity contribution in [2.24, 2.45) is 0 Å². The molecule has 0 saturated carbocycles. The molecule has 1 aromatic heterocycles. The SMILES string of the molecule is OC(Cc1cccc(C(F)(F)F)c1)c1cc2cccc(Br)c2s1. The molecular weight excluding hydrogens is 389 g/mol. The molecule has 3 aromatic rings. The smallest absolute Gasteiger partial charge is 0.387 e. The largest absolute Gasteiger partial charge is 0.416 e. The van der Waals surface area contributed by atoms with E-state index in [2.05, 4.69) is 15.9 Å². The van der Waals surface area contributed by atoms with Crippen LogP contribution < -0.4 is 0 Å². The normalized spacial score (nSPS) is 13.4. The van der Waals surface area contributed by atoms with Crippen LogP contribution in [0.15, 0.2) is 53.0 Å². The fraction of sp³-hybridized carbons (Fsp3) is 0.176. The summed E-state index contributed by atoms with van der Waals surface area (Å²) in [6.45, 7) is 0. The van der Waals surface area contributed by atoms with E-state index in [0.29, 0.717) is 5.56 Å². The van der Waals surface area contributed by atoms with Crippen molar-refractivity contribution < 1.29 is 18.3 Å². The average molecular weight is 401 g/mol. The molecule has 0 amide bonds. The van der Waals surface area contributed by atoms with E-state index in [9.17, 15) is 18.3 Å². The molecule has 6 heteroatoms. The van der Waals surface area contributed by atoms with Crippen LogP contribution in [0.4, 0.5) is 13.2 Å². The van der Waals surface area contributed by atoms with Gasteiger partial charge in [0, 0.05) is 20.5 Å². The third kappa shape index (κ3) is 3.59. The van der Waals surface area contributed by atoms with E-state index >= 15 is 0 Å². The molecule has 0 bridgehead atoms. The first-order valence-corrected chi connectivity index (χ1v) is 8.48. The van der Waals surface area contributed by atoms with E-state index in [1.165, 1.54) is 17.4 Å². The molecule has 1 N–H and O–H groups in total. The molecule has 120 valence electrons. The van der Waals surface area contributed by atoms with Crippen molar-refractivity contribution in [2.75, 3.05) is 0 Å². The molecule has 1 nitrogen and oxygen atoms in total. The second kappa shape index (κ2) is 6.26. The first-order valence-electron chi connectivity index (χ1n) is 6.87. The van der Waals surface area contributed by atoms with Gasteiger partial charge in [0.2, 0.25) is 0 Å². The molecule has 0 saturated heterocycles. The van der Waals surface area contributed by atoms with Gasteiger partial charge in [-0.2, -0.15) is 13.2 Å². The van der Waals surface area contributed by atoms with Crippen LogP contribution in [0.3, 0.4) is 0 Å². The number of halogens is 4. The van der Waals surface area contributed by atoms with E-state index in [1.807, 2.05) is 24.3 Å². The van der Waals surface area contributed by atoms with Crippen LogP contribution in [0.5, 0.6) is 0 Å².